The van der Waals surface area contributed by atoms with Crippen LogP contribution in [0.15, 0.2) is 478 Å². The third-order valence-electron chi connectivity index (χ3n) is 24.0. The fourth-order valence-corrected chi connectivity index (χ4v) is 19.7. The molecule has 0 aliphatic rings. The molecule has 0 amide bonds. The Morgan fingerprint density at radius 3 is 0.779 bits per heavy atom. The minimum absolute atomic E-state index is 0.540. The maximum atomic E-state index is 5.02. The smallest absolute Gasteiger partial charge is 0.240 e. The fourth-order valence-electron chi connectivity index (χ4n) is 17.9. The van der Waals surface area contributed by atoms with Gasteiger partial charge in [-0.25, -0.2) is 34.9 Å². The third kappa shape index (κ3) is 17.2. The maximum absolute atomic E-state index is 5.02. The standard InChI is InChI=1S/C28H18BrN3.C26H16BrN5.2C23H15BrN2.C17H11BrN2/c29-21-13-14-27-24(16-21)23-12-7-15-30-28(23)32(27)22-17-25(19-8-3-1-4-9-19)31-26(18-22)20-10-5-2-6-11-20;27-19-13-14-22-21(16-19)20-12-7-15-28-25(20)32(22)26-30-23(17-8-3-1-4-9-17)29-24(31-26)18-10-5-2-6-11-18;24-18-11-12-22-21(15-18)20-10-5-13-25-23(20)26(22)19-9-4-8-17(14-19)16-6-2-1-3-7-16;24-18-10-13-22-21(15-18)20-7-4-14-25-23(20)26(22)19-11-8-17(9-12-19)16-5-2-1-3-6-16;18-12-8-9-16-15(11-12)14-7-4-10-19-17(14)20(16)13-5-2-1-3-6-13/h1-18H;1-16H;2*1-15H;1-11H. The number of rotatable bonds is 11. The molecule has 0 radical (unpaired) electrons. The van der Waals surface area contributed by atoms with Crippen LogP contribution in [0.5, 0.6) is 0 Å². The predicted molar refractivity (Wildman–Crippen MR) is 575 cm³/mol. The molecule has 0 saturated heterocycles. The topological polar surface area (TPSA) is 141 Å². The molecule has 0 saturated carbocycles. The largest absolute Gasteiger partial charge is 0.294 e. The van der Waals surface area contributed by atoms with Gasteiger partial charge in [-0.15, -0.1) is 0 Å². The van der Waals surface area contributed by atoms with Crippen molar-refractivity contribution in [2.24, 2.45) is 0 Å². The monoisotopic (exact) mass is 2070 g/mol. The first-order chi connectivity index (χ1) is 67.0. The quantitative estimate of drug-likeness (QED) is 0.124. The van der Waals surface area contributed by atoms with Crippen molar-refractivity contribution in [3.05, 3.63) is 478 Å². The Labute approximate surface area is 824 Å². The van der Waals surface area contributed by atoms with Crippen LogP contribution in [-0.2, 0) is 0 Å². The molecule has 26 aromatic rings. The van der Waals surface area contributed by atoms with Gasteiger partial charge in [0.25, 0.3) is 0 Å². The molecule has 19 heteroatoms. The van der Waals surface area contributed by atoms with Gasteiger partial charge in [0, 0.05) is 147 Å². The molecule has 0 spiro atoms. The van der Waals surface area contributed by atoms with Gasteiger partial charge < -0.3 is 0 Å². The van der Waals surface area contributed by atoms with Gasteiger partial charge in [0.15, 0.2) is 11.6 Å². The number of hydrogen-bond acceptors (Lipinski definition) is 9. The van der Waals surface area contributed by atoms with Gasteiger partial charge in [0.2, 0.25) is 5.95 Å². The van der Waals surface area contributed by atoms with Crippen LogP contribution in [-0.4, -0.2) is 67.7 Å². The van der Waals surface area contributed by atoms with E-state index in [9.17, 15) is 0 Å². The zero-order valence-corrected chi connectivity index (χ0v) is 80.4. The third-order valence-corrected chi connectivity index (χ3v) is 26.5. The molecular weight excluding hydrogens is 2000 g/mol. The molecule has 0 aliphatic heterocycles. The molecule has 648 valence electrons. The number of benzene rings is 14. The summed E-state index contributed by atoms with van der Waals surface area (Å²) >= 11 is 18.0. The Bertz CT molecular complexity index is 8550. The van der Waals surface area contributed by atoms with Gasteiger partial charge in [-0.3, -0.25) is 22.8 Å². The summed E-state index contributed by atoms with van der Waals surface area (Å²) < 4.78 is 16.2. The SMILES string of the molecule is Brc1ccc2c(c1)c1cccnc1n2-c1cc(-c2ccccc2)nc(-c2ccccc2)c1.Brc1ccc2c(c1)c1cccnc1n2-c1ccc(-c2ccccc2)cc1.Brc1ccc2c(c1)c1cccnc1n2-c1cccc(-c2ccccc2)c1.Brc1ccc2c(c1)c1cccnc1n2-c1ccccc1.Brc1ccc2c(c1)c1cccnc1n2-c1nc(-c2ccccc2)nc(-c2ccccc2)n1. The molecule has 0 aliphatic carbocycles. The lowest BCUT2D eigenvalue weighted by Gasteiger charge is -2.12. The molecule has 0 bridgehead atoms. The van der Waals surface area contributed by atoms with Crippen LogP contribution >= 0.6 is 79.6 Å². The normalized spacial score (nSPS) is 11.3. The Hall–Kier alpha value is -15.6. The molecular formula is C117H75Br5N14. The summed E-state index contributed by atoms with van der Waals surface area (Å²) in [5.41, 5.74) is 25.5. The molecule has 12 aromatic heterocycles. The number of para-hydroxylation sites is 1. The second kappa shape index (κ2) is 38.2. The van der Waals surface area contributed by atoms with Gasteiger partial charge in [-0.1, -0.05) is 304 Å². The van der Waals surface area contributed by atoms with E-state index in [0.717, 1.165) is 156 Å². The van der Waals surface area contributed by atoms with Crippen molar-refractivity contribution < 1.29 is 0 Å². The summed E-state index contributed by atoms with van der Waals surface area (Å²) in [5.74, 6) is 1.79. The van der Waals surface area contributed by atoms with E-state index in [1.807, 2.05) is 181 Å². The lowest BCUT2D eigenvalue weighted by Crippen LogP contribution is -2.06. The van der Waals surface area contributed by atoms with Crippen LogP contribution in [0.1, 0.15) is 0 Å². The van der Waals surface area contributed by atoms with E-state index < -0.39 is 0 Å². The minimum Gasteiger partial charge on any atom is -0.294 e. The maximum Gasteiger partial charge on any atom is 0.240 e. The molecule has 0 unspecified atom stereocenters. The van der Waals surface area contributed by atoms with Gasteiger partial charge in [-0.2, -0.15) is 9.97 Å². The van der Waals surface area contributed by atoms with Gasteiger partial charge in [-0.05, 0) is 222 Å². The van der Waals surface area contributed by atoms with Gasteiger partial charge in [0.05, 0.1) is 44.7 Å². The Morgan fingerprint density at radius 1 is 0.162 bits per heavy atom. The van der Waals surface area contributed by atoms with Crippen LogP contribution in [0, 0.1) is 0 Å². The molecule has 12 heterocycles. The Morgan fingerprint density at radius 2 is 0.426 bits per heavy atom. The average Bonchev–Trinajstić information content (AvgIpc) is 1.58. The van der Waals surface area contributed by atoms with Gasteiger partial charge in [0.1, 0.15) is 28.2 Å². The number of halogens is 5. The van der Waals surface area contributed by atoms with E-state index in [0.29, 0.717) is 17.6 Å². The minimum atomic E-state index is 0.540. The first-order valence-electron chi connectivity index (χ1n) is 44.1. The highest BCUT2D eigenvalue weighted by molar-refractivity contribution is 9.11. The van der Waals surface area contributed by atoms with Crippen molar-refractivity contribution >= 4 is 189 Å². The second-order valence-electron chi connectivity index (χ2n) is 32.4. The highest BCUT2D eigenvalue weighted by Gasteiger charge is 2.23. The van der Waals surface area contributed by atoms with Crippen molar-refractivity contribution in [1.82, 2.24) is 67.7 Å². The van der Waals surface area contributed by atoms with Crippen molar-refractivity contribution in [3.8, 4) is 96.2 Å². The van der Waals surface area contributed by atoms with Crippen molar-refractivity contribution in [2.45, 2.75) is 0 Å². The van der Waals surface area contributed by atoms with Crippen molar-refractivity contribution in [1.29, 1.82) is 0 Å². The average molecular weight is 2080 g/mol. The molecule has 0 N–H and O–H groups in total. The lowest BCUT2D eigenvalue weighted by atomic mass is 10.1. The Balaban J connectivity index is 0.0000000993. The number of pyridine rings is 6. The van der Waals surface area contributed by atoms with E-state index in [4.69, 9.17) is 24.9 Å². The molecule has 0 atom stereocenters. The first-order valence-corrected chi connectivity index (χ1v) is 48.1. The molecule has 0 fully saturated rings. The van der Waals surface area contributed by atoms with Crippen LogP contribution in [0.3, 0.4) is 0 Å². The van der Waals surface area contributed by atoms with Crippen molar-refractivity contribution in [3.63, 3.8) is 0 Å². The van der Waals surface area contributed by atoms with E-state index in [1.165, 1.54) is 54.7 Å². The van der Waals surface area contributed by atoms with Gasteiger partial charge >= 0.3 is 0 Å². The highest BCUT2D eigenvalue weighted by Crippen LogP contribution is 2.41. The zero-order chi connectivity index (χ0) is 91.5. The van der Waals surface area contributed by atoms with E-state index >= 15 is 0 Å². The van der Waals surface area contributed by atoms with Crippen LogP contribution < -0.4 is 0 Å². The molecule has 26 rings (SSSR count). The summed E-state index contributed by atoms with van der Waals surface area (Å²) in [5, 5.41) is 11.5. The summed E-state index contributed by atoms with van der Waals surface area (Å²) in [6.07, 6.45) is 9.20. The van der Waals surface area contributed by atoms with Crippen LogP contribution in [0.2, 0.25) is 0 Å². The number of fused-ring (bicyclic) bond motifs is 15. The second-order valence-corrected chi connectivity index (χ2v) is 36.9. The number of hydrogen-bond donors (Lipinski definition) is 0. The molecule has 14 aromatic carbocycles. The van der Waals surface area contributed by atoms with Crippen LogP contribution in [0.25, 0.3) is 206 Å². The van der Waals surface area contributed by atoms with E-state index in [1.54, 1.807) is 6.20 Å². The summed E-state index contributed by atoms with van der Waals surface area (Å²) in [4.78, 5) is 42.9. The fraction of sp³-hybridized carbons (Fsp3) is 0. The van der Waals surface area contributed by atoms with E-state index in [-0.39, 0.29) is 0 Å². The highest BCUT2D eigenvalue weighted by atomic mass is 79.9. The number of aromatic nitrogens is 14. The van der Waals surface area contributed by atoms with E-state index in [2.05, 4.69) is 391 Å². The zero-order valence-electron chi connectivity index (χ0n) is 72.5. The molecule has 14 nitrogen and oxygen atoms in total. The predicted octanol–water partition coefficient (Wildman–Crippen LogP) is 32.3. The summed E-state index contributed by atoms with van der Waals surface area (Å²) in [7, 11) is 0. The summed E-state index contributed by atoms with van der Waals surface area (Å²) in [6, 6.07) is 146. The van der Waals surface area contributed by atoms with Crippen LogP contribution in [0.4, 0.5) is 0 Å². The molecule has 136 heavy (non-hydrogen) atoms. The lowest BCUT2D eigenvalue weighted by molar-refractivity contribution is 0.944. The van der Waals surface area contributed by atoms with Crippen molar-refractivity contribution in [2.75, 3.05) is 0 Å². The summed E-state index contributed by atoms with van der Waals surface area (Å²) in [6.45, 7) is 0. The Kier molecular flexibility index (Phi) is 24.1. The first kappa shape index (κ1) is 85.8. The number of nitrogens with zero attached hydrogens (tertiary/aromatic N) is 14.